The summed E-state index contributed by atoms with van der Waals surface area (Å²) in [6.07, 6.45) is 67.9. The SMILES string of the molecule is CCCCCCCCCCCCCCCCCCCCCC(=O)O[C@H](COC(=O)CCCCCCCCCCCCCCCCC(C)CC)COP(=O)(O)OC[C@@H](O)COP(=O)(O)OC[C@@H](COC(=O)CCCCCCCCCCCC)OC(=O)CCCCCCCCCCCCCCCCC(C)C. The van der Waals surface area contributed by atoms with Gasteiger partial charge in [-0.25, -0.2) is 9.13 Å². The third kappa shape index (κ3) is 76.8. The largest absolute Gasteiger partial charge is 0.472 e. The number of hydrogen-bond acceptors (Lipinski definition) is 15. The summed E-state index contributed by atoms with van der Waals surface area (Å²) >= 11 is 0. The summed E-state index contributed by atoms with van der Waals surface area (Å²) in [7, 11) is -9.93. The average Bonchev–Trinajstić information content (AvgIpc) is 1.22. The van der Waals surface area contributed by atoms with E-state index in [2.05, 4.69) is 41.5 Å². The molecule has 0 rings (SSSR count). The standard InChI is InChI=1S/C85H166O17P2/c1-7-10-12-14-16-18-20-21-22-23-24-25-26-34-39-45-51-57-63-69-84(89)102-81(74-96-83(88)68-62-56-50-44-38-33-30-28-32-37-42-48-54-60-66-78(6)9-3)76-100-104(93,94)98-72-79(86)71-97-103(91,92)99-75-80(73-95-82(87)67-61-55-49-43-19-17-15-13-11-8-2)101-85(90)70-64-58-52-46-40-35-29-27-31-36-41-47-53-59-65-77(4)5/h77-81,86H,7-76H2,1-6H3,(H,91,92)(H,93,94)/t78?,79-,80+,81+/m0/s1. The average molecular weight is 1520 g/mol. The van der Waals surface area contributed by atoms with Crippen LogP contribution in [-0.2, 0) is 65.4 Å². The fourth-order valence-electron chi connectivity index (χ4n) is 13.2. The first-order valence-electron chi connectivity index (χ1n) is 44.0. The van der Waals surface area contributed by atoms with Crippen molar-refractivity contribution >= 4 is 39.5 Å². The first kappa shape index (κ1) is 102. The Kier molecular flexibility index (Phi) is 75.0. The van der Waals surface area contributed by atoms with Crippen molar-refractivity contribution in [3.8, 4) is 0 Å². The van der Waals surface area contributed by atoms with Gasteiger partial charge in [-0.1, -0.05) is 401 Å². The molecule has 19 heteroatoms. The molecule has 0 saturated carbocycles. The molecular formula is C85H166O17P2. The van der Waals surface area contributed by atoms with Crippen LogP contribution >= 0.6 is 15.6 Å². The van der Waals surface area contributed by atoms with Crippen molar-refractivity contribution in [3.63, 3.8) is 0 Å². The number of aliphatic hydroxyl groups is 1. The van der Waals surface area contributed by atoms with Crippen molar-refractivity contribution in [3.05, 3.63) is 0 Å². The van der Waals surface area contributed by atoms with Crippen LogP contribution in [0.1, 0.15) is 452 Å². The lowest BCUT2D eigenvalue weighted by atomic mass is 9.99. The Morgan fingerprint density at radius 2 is 0.490 bits per heavy atom. The van der Waals surface area contributed by atoms with Crippen LogP contribution in [0.3, 0.4) is 0 Å². The summed E-state index contributed by atoms with van der Waals surface area (Å²) in [5.41, 5.74) is 0. The van der Waals surface area contributed by atoms with Gasteiger partial charge < -0.3 is 33.8 Å². The van der Waals surface area contributed by atoms with Crippen LogP contribution in [0.25, 0.3) is 0 Å². The fourth-order valence-corrected chi connectivity index (χ4v) is 14.8. The molecule has 0 aliphatic heterocycles. The molecule has 17 nitrogen and oxygen atoms in total. The quantitative estimate of drug-likeness (QED) is 0.0222. The minimum atomic E-state index is -4.96. The molecule has 0 bridgehead atoms. The highest BCUT2D eigenvalue weighted by Gasteiger charge is 2.30. The molecule has 0 fully saturated rings. The van der Waals surface area contributed by atoms with Crippen molar-refractivity contribution in [2.45, 2.75) is 471 Å². The highest BCUT2D eigenvalue weighted by Crippen LogP contribution is 2.45. The summed E-state index contributed by atoms with van der Waals surface area (Å²) < 4.78 is 68.9. The maximum Gasteiger partial charge on any atom is 0.472 e. The lowest BCUT2D eigenvalue weighted by Crippen LogP contribution is -2.30. The zero-order valence-electron chi connectivity index (χ0n) is 68.3. The molecule has 0 aromatic rings. The molecule has 3 N–H and O–H groups in total. The van der Waals surface area contributed by atoms with Crippen molar-refractivity contribution in [2.75, 3.05) is 39.6 Å². The lowest BCUT2D eigenvalue weighted by molar-refractivity contribution is -0.161. The van der Waals surface area contributed by atoms with E-state index in [9.17, 15) is 43.2 Å². The Hall–Kier alpha value is -1.94. The zero-order chi connectivity index (χ0) is 76.4. The summed E-state index contributed by atoms with van der Waals surface area (Å²) in [6, 6.07) is 0. The normalized spacial score (nSPS) is 14.1. The molecule has 0 amide bonds. The number of esters is 4. The second kappa shape index (κ2) is 76.4. The number of unbranched alkanes of at least 4 members (excludes halogenated alkanes) is 53. The predicted molar refractivity (Wildman–Crippen MR) is 428 cm³/mol. The van der Waals surface area contributed by atoms with E-state index in [0.29, 0.717) is 25.7 Å². The van der Waals surface area contributed by atoms with Gasteiger partial charge in [0.15, 0.2) is 12.2 Å². The van der Waals surface area contributed by atoms with Gasteiger partial charge in [0.2, 0.25) is 0 Å². The van der Waals surface area contributed by atoms with Crippen LogP contribution in [0.5, 0.6) is 0 Å². The third-order valence-electron chi connectivity index (χ3n) is 20.3. The summed E-state index contributed by atoms with van der Waals surface area (Å²) in [5, 5.41) is 10.7. The van der Waals surface area contributed by atoms with E-state index < -0.39 is 97.5 Å². The number of aliphatic hydroxyl groups excluding tert-OH is 1. The molecule has 0 saturated heterocycles. The van der Waals surface area contributed by atoms with E-state index in [1.807, 2.05) is 0 Å². The molecule has 0 radical (unpaired) electrons. The molecule has 0 heterocycles. The van der Waals surface area contributed by atoms with E-state index in [0.717, 1.165) is 102 Å². The Labute approximate surface area is 638 Å². The van der Waals surface area contributed by atoms with Crippen molar-refractivity contribution in [1.82, 2.24) is 0 Å². The number of carbonyl (C=O) groups is 4. The smallest absolute Gasteiger partial charge is 0.462 e. The Morgan fingerprint density at radius 3 is 0.731 bits per heavy atom. The van der Waals surface area contributed by atoms with Crippen LogP contribution in [0, 0.1) is 11.8 Å². The molecule has 6 atom stereocenters. The van der Waals surface area contributed by atoms with E-state index in [1.165, 1.54) is 270 Å². The van der Waals surface area contributed by atoms with E-state index in [4.69, 9.17) is 37.0 Å². The highest BCUT2D eigenvalue weighted by molar-refractivity contribution is 7.47. The Balaban J connectivity index is 5.24. The van der Waals surface area contributed by atoms with Gasteiger partial charge in [0.1, 0.15) is 19.3 Å². The van der Waals surface area contributed by atoms with Crippen molar-refractivity contribution in [2.24, 2.45) is 11.8 Å². The highest BCUT2D eigenvalue weighted by atomic mass is 31.2. The van der Waals surface area contributed by atoms with E-state index in [-0.39, 0.29) is 25.7 Å². The van der Waals surface area contributed by atoms with Gasteiger partial charge in [-0.2, -0.15) is 0 Å². The maximum absolute atomic E-state index is 13.1. The molecule has 0 aliphatic rings. The van der Waals surface area contributed by atoms with Gasteiger partial charge in [-0.05, 0) is 37.5 Å². The van der Waals surface area contributed by atoms with Crippen LogP contribution in [0.2, 0.25) is 0 Å². The van der Waals surface area contributed by atoms with Crippen molar-refractivity contribution < 1.29 is 80.2 Å². The molecule has 0 aromatic heterocycles. The predicted octanol–water partition coefficient (Wildman–Crippen LogP) is 25.8. The summed E-state index contributed by atoms with van der Waals surface area (Å²) in [4.78, 5) is 73.2. The zero-order valence-corrected chi connectivity index (χ0v) is 70.1. The number of phosphoric ester groups is 2. The molecule has 3 unspecified atom stereocenters. The molecular weight excluding hydrogens is 1350 g/mol. The number of hydrogen-bond donors (Lipinski definition) is 3. The number of phosphoric acid groups is 2. The minimum Gasteiger partial charge on any atom is -0.462 e. The molecule has 0 aliphatic carbocycles. The summed E-state index contributed by atoms with van der Waals surface area (Å²) in [6.45, 7) is 9.74. The van der Waals surface area contributed by atoms with Gasteiger partial charge in [-0.15, -0.1) is 0 Å². The van der Waals surface area contributed by atoms with E-state index in [1.54, 1.807) is 0 Å². The Morgan fingerprint density at radius 1 is 0.279 bits per heavy atom. The first-order chi connectivity index (χ1) is 50.4. The van der Waals surface area contributed by atoms with E-state index >= 15 is 0 Å². The number of ether oxygens (including phenoxy) is 4. The lowest BCUT2D eigenvalue weighted by Gasteiger charge is -2.21. The van der Waals surface area contributed by atoms with Gasteiger partial charge >= 0.3 is 39.5 Å². The van der Waals surface area contributed by atoms with Crippen LogP contribution in [-0.4, -0.2) is 96.7 Å². The molecule has 0 aromatic carbocycles. The summed E-state index contributed by atoms with van der Waals surface area (Å²) in [5.74, 6) is -0.457. The van der Waals surface area contributed by atoms with Crippen LogP contribution < -0.4 is 0 Å². The number of carbonyl (C=O) groups excluding carboxylic acids is 4. The monoisotopic (exact) mass is 1520 g/mol. The third-order valence-corrected chi connectivity index (χ3v) is 22.2. The van der Waals surface area contributed by atoms with Gasteiger partial charge in [-0.3, -0.25) is 37.3 Å². The van der Waals surface area contributed by atoms with Crippen LogP contribution in [0.15, 0.2) is 0 Å². The molecule has 0 spiro atoms. The Bertz CT molecular complexity index is 2000. The van der Waals surface area contributed by atoms with Gasteiger partial charge in [0.25, 0.3) is 0 Å². The fraction of sp³-hybridized carbons (Fsp3) is 0.953. The minimum absolute atomic E-state index is 0.108. The van der Waals surface area contributed by atoms with Crippen molar-refractivity contribution in [1.29, 1.82) is 0 Å². The maximum atomic E-state index is 13.1. The van der Waals surface area contributed by atoms with Crippen LogP contribution in [0.4, 0.5) is 0 Å². The second-order valence-electron chi connectivity index (χ2n) is 31.3. The van der Waals surface area contributed by atoms with Gasteiger partial charge in [0, 0.05) is 25.7 Å². The molecule has 104 heavy (non-hydrogen) atoms. The topological polar surface area (TPSA) is 237 Å². The number of rotatable bonds is 84. The molecule has 618 valence electrons. The first-order valence-corrected chi connectivity index (χ1v) is 47.0. The van der Waals surface area contributed by atoms with Gasteiger partial charge in [0.05, 0.1) is 26.4 Å². The second-order valence-corrected chi connectivity index (χ2v) is 34.2.